The van der Waals surface area contributed by atoms with Crippen LogP contribution in [0.1, 0.15) is 6.92 Å². The van der Waals surface area contributed by atoms with Gasteiger partial charge in [-0.05, 0) is 18.7 Å². The van der Waals surface area contributed by atoms with Gasteiger partial charge in [0.25, 0.3) is 0 Å². The van der Waals surface area contributed by atoms with Crippen LogP contribution < -0.4 is 16.4 Å². The summed E-state index contributed by atoms with van der Waals surface area (Å²) in [6, 6.07) is 5.86. The van der Waals surface area contributed by atoms with Gasteiger partial charge >= 0.3 is 0 Å². The Bertz CT molecular complexity index is 356. The molecule has 1 heterocycles. The van der Waals surface area contributed by atoms with Crippen molar-refractivity contribution in [1.82, 2.24) is 4.90 Å². The monoisotopic (exact) mass is 220 g/mol. The van der Waals surface area contributed by atoms with Crippen LogP contribution in [0.2, 0.25) is 0 Å². The van der Waals surface area contributed by atoms with Crippen molar-refractivity contribution in [2.75, 3.05) is 49.1 Å². The molecular weight excluding hydrogens is 200 g/mol. The number of hydrogen-bond acceptors (Lipinski definition) is 4. The second-order valence-corrected chi connectivity index (χ2v) is 4.20. The van der Waals surface area contributed by atoms with Gasteiger partial charge in [-0.25, -0.2) is 0 Å². The smallest absolute Gasteiger partial charge is 0.0785 e. The third-order valence-electron chi connectivity index (χ3n) is 3.28. The molecule has 2 rings (SSSR count). The molecule has 16 heavy (non-hydrogen) atoms. The zero-order chi connectivity index (χ0) is 11.5. The van der Waals surface area contributed by atoms with Gasteiger partial charge in [0.15, 0.2) is 0 Å². The number of rotatable bonds is 2. The van der Waals surface area contributed by atoms with E-state index in [2.05, 4.69) is 16.7 Å². The van der Waals surface area contributed by atoms with Gasteiger partial charge in [-0.15, -0.1) is 0 Å². The zero-order valence-corrected chi connectivity index (χ0v) is 9.82. The van der Waals surface area contributed by atoms with E-state index < -0.39 is 0 Å². The molecule has 1 aromatic rings. The summed E-state index contributed by atoms with van der Waals surface area (Å²) in [5.74, 6) is 0. The quantitative estimate of drug-likeness (QED) is 0.730. The highest BCUT2D eigenvalue weighted by Gasteiger charge is 2.17. The number of nitrogens with two attached hydrogens (primary N) is 2. The lowest BCUT2D eigenvalue weighted by atomic mass is 10.2. The molecule has 4 heteroatoms. The maximum Gasteiger partial charge on any atom is 0.0785 e. The lowest BCUT2D eigenvalue weighted by Crippen LogP contribution is -2.46. The molecule has 0 saturated carbocycles. The van der Waals surface area contributed by atoms with Gasteiger partial charge in [0.05, 0.1) is 17.1 Å². The van der Waals surface area contributed by atoms with Crippen molar-refractivity contribution in [2.24, 2.45) is 0 Å². The first-order valence-electron chi connectivity index (χ1n) is 5.83. The summed E-state index contributed by atoms with van der Waals surface area (Å²) in [4.78, 5) is 4.76. The molecule has 4 N–H and O–H groups in total. The van der Waals surface area contributed by atoms with E-state index in [-0.39, 0.29) is 0 Å². The lowest BCUT2D eigenvalue weighted by Gasteiger charge is -2.36. The van der Waals surface area contributed by atoms with E-state index >= 15 is 0 Å². The van der Waals surface area contributed by atoms with Crippen LogP contribution in [0.5, 0.6) is 0 Å². The minimum Gasteiger partial charge on any atom is -0.397 e. The molecule has 0 aromatic heterocycles. The summed E-state index contributed by atoms with van der Waals surface area (Å²) in [6.45, 7) is 7.59. The fraction of sp³-hybridized carbons (Fsp3) is 0.500. The van der Waals surface area contributed by atoms with Crippen LogP contribution in [-0.4, -0.2) is 37.6 Å². The van der Waals surface area contributed by atoms with E-state index in [9.17, 15) is 0 Å². The van der Waals surface area contributed by atoms with Gasteiger partial charge in [0, 0.05) is 26.2 Å². The molecule has 88 valence electrons. The fourth-order valence-electron chi connectivity index (χ4n) is 2.15. The Morgan fingerprint density at radius 1 is 1.12 bits per heavy atom. The van der Waals surface area contributed by atoms with Crippen LogP contribution >= 0.6 is 0 Å². The van der Waals surface area contributed by atoms with Crippen molar-refractivity contribution in [1.29, 1.82) is 0 Å². The minimum absolute atomic E-state index is 0.676. The highest BCUT2D eigenvalue weighted by Crippen LogP contribution is 2.28. The minimum atomic E-state index is 0.676. The highest BCUT2D eigenvalue weighted by atomic mass is 15.3. The third kappa shape index (κ3) is 2.07. The van der Waals surface area contributed by atoms with Gasteiger partial charge in [0.1, 0.15) is 0 Å². The van der Waals surface area contributed by atoms with Crippen LogP contribution in [0.4, 0.5) is 17.1 Å². The van der Waals surface area contributed by atoms with Crippen LogP contribution in [-0.2, 0) is 0 Å². The van der Waals surface area contributed by atoms with E-state index in [1.54, 1.807) is 0 Å². The fourth-order valence-corrected chi connectivity index (χ4v) is 2.15. The third-order valence-corrected chi connectivity index (χ3v) is 3.28. The largest absolute Gasteiger partial charge is 0.397 e. The Morgan fingerprint density at radius 3 is 2.44 bits per heavy atom. The molecule has 0 atom stereocenters. The zero-order valence-electron chi connectivity index (χ0n) is 9.82. The van der Waals surface area contributed by atoms with Crippen molar-refractivity contribution < 1.29 is 0 Å². The topological polar surface area (TPSA) is 58.5 Å². The molecule has 1 aliphatic heterocycles. The van der Waals surface area contributed by atoms with Gasteiger partial charge in [0.2, 0.25) is 0 Å². The van der Waals surface area contributed by atoms with Gasteiger partial charge in [-0.2, -0.15) is 0 Å². The normalized spacial score (nSPS) is 17.7. The first-order valence-corrected chi connectivity index (χ1v) is 5.83. The maximum atomic E-state index is 6.00. The van der Waals surface area contributed by atoms with Crippen LogP contribution in [0, 0.1) is 0 Å². The Balaban J connectivity index is 2.11. The predicted octanol–water partition coefficient (Wildman–Crippen LogP) is 0.993. The van der Waals surface area contributed by atoms with Crippen LogP contribution in [0.15, 0.2) is 18.2 Å². The van der Waals surface area contributed by atoms with Gasteiger partial charge < -0.3 is 21.3 Å². The summed E-state index contributed by atoms with van der Waals surface area (Å²) >= 11 is 0. The molecule has 1 fully saturated rings. The van der Waals surface area contributed by atoms with E-state index in [0.717, 1.165) is 38.4 Å². The second-order valence-electron chi connectivity index (χ2n) is 4.20. The first kappa shape index (κ1) is 11.1. The molecule has 4 nitrogen and oxygen atoms in total. The van der Waals surface area contributed by atoms with E-state index in [1.807, 2.05) is 18.2 Å². The Hall–Kier alpha value is -1.42. The highest BCUT2D eigenvalue weighted by molar-refractivity contribution is 5.79. The summed E-state index contributed by atoms with van der Waals surface area (Å²) in [6.07, 6.45) is 0. The SMILES string of the molecule is CCN1CCN(c2cccc(N)c2N)CC1. The van der Waals surface area contributed by atoms with Crippen LogP contribution in [0.25, 0.3) is 0 Å². The number of benzene rings is 1. The Morgan fingerprint density at radius 2 is 1.81 bits per heavy atom. The van der Waals surface area contributed by atoms with Crippen molar-refractivity contribution in [3.8, 4) is 0 Å². The Kier molecular flexibility index (Phi) is 3.19. The molecule has 0 spiro atoms. The average Bonchev–Trinajstić information content (AvgIpc) is 2.33. The van der Waals surface area contributed by atoms with E-state index in [0.29, 0.717) is 11.4 Å². The number of hydrogen-bond donors (Lipinski definition) is 2. The second kappa shape index (κ2) is 4.61. The number of piperazine rings is 1. The van der Waals surface area contributed by atoms with Crippen LogP contribution in [0.3, 0.4) is 0 Å². The van der Waals surface area contributed by atoms with Crippen molar-refractivity contribution >= 4 is 17.1 Å². The summed E-state index contributed by atoms with van der Waals surface area (Å²) in [5, 5.41) is 0. The Labute approximate surface area is 96.8 Å². The van der Waals surface area contributed by atoms with Crippen molar-refractivity contribution in [3.63, 3.8) is 0 Å². The molecule has 0 aliphatic carbocycles. The molecule has 0 unspecified atom stereocenters. The van der Waals surface area contributed by atoms with E-state index in [4.69, 9.17) is 11.5 Å². The molecule has 1 saturated heterocycles. The first-order chi connectivity index (χ1) is 7.72. The molecule has 0 radical (unpaired) electrons. The molecule has 0 amide bonds. The molecule has 1 aliphatic rings. The lowest BCUT2D eigenvalue weighted by molar-refractivity contribution is 0.271. The molecule has 0 bridgehead atoms. The number of likely N-dealkylation sites (N-methyl/N-ethyl adjacent to an activating group) is 1. The number of anilines is 3. The predicted molar refractivity (Wildman–Crippen MR) is 69.6 cm³/mol. The van der Waals surface area contributed by atoms with Gasteiger partial charge in [-0.3, -0.25) is 0 Å². The molecule has 1 aromatic carbocycles. The molecular formula is C12H20N4. The average molecular weight is 220 g/mol. The summed E-state index contributed by atoms with van der Waals surface area (Å²) in [5.41, 5.74) is 14.3. The summed E-state index contributed by atoms with van der Waals surface area (Å²) < 4.78 is 0. The number of nitrogen functional groups attached to an aromatic ring is 2. The summed E-state index contributed by atoms with van der Waals surface area (Å²) in [7, 11) is 0. The number of para-hydroxylation sites is 1. The van der Waals surface area contributed by atoms with Crippen molar-refractivity contribution in [3.05, 3.63) is 18.2 Å². The standard InChI is InChI=1S/C12H20N4/c1-2-15-6-8-16(9-7-15)11-5-3-4-10(13)12(11)14/h3-5H,2,6-9,13-14H2,1H3. The van der Waals surface area contributed by atoms with Gasteiger partial charge in [-0.1, -0.05) is 13.0 Å². The number of nitrogens with zero attached hydrogens (tertiary/aromatic N) is 2. The van der Waals surface area contributed by atoms with Crippen molar-refractivity contribution in [2.45, 2.75) is 6.92 Å². The maximum absolute atomic E-state index is 6.00. The van der Waals surface area contributed by atoms with E-state index in [1.165, 1.54) is 0 Å².